The van der Waals surface area contributed by atoms with E-state index >= 15 is 0 Å². The van der Waals surface area contributed by atoms with E-state index in [1.54, 1.807) is 24.3 Å². The molecular weight excluding hydrogens is 458 g/mol. The van der Waals surface area contributed by atoms with E-state index in [9.17, 15) is 13.2 Å². The van der Waals surface area contributed by atoms with Crippen LogP contribution in [0.5, 0.6) is 5.75 Å². The predicted octanol–water partition coefficient (Wildman–Crippen LogP) is 4.30. The Morgan fingerprint density at radius 2 is 1.64 bits per heavy atom. The molecule has 0 spiro atoms. The summed E-state index contributed by atoms with van der Waals surface area (Å²) in [6, 6.07) is 18.9. The molecule has 0 aliphatic heterocycles. The van der Waals surface area contributed by atoms with Gasteiger partial charge in [0.2, 0.25) is 0 Å². The first kappa shape index (κ1) is 24.2. The summed E-state index contributed by atoms with van der Waals surface area (Å²) < 4.78 is 33.4. The molecule has 172 valence electrons. The Morgan fingerprint density at radius 1 is 0.939 bits per heavy atom. The van der Waals surface area contributed by atoms with Gasteiger partial charge in [0, 0.05) is 5.69 Å². The van der Waals surface area contributed by atoms with Crippen LogP contribution in [0.15, 0.2) is 71.6 Å². The van der Waals surface area contributed by atoms with Gasteiger partial charge in [-0.25, -0.2) is 8.42 Å². The minimum absolute atomic E-state index is 0.0804. The Morgan fingerprint density at radius 3 is 2.30 bits per heavy atom. The number of thiocarbonyl (C=S) groups is 1. The van der Waals surface area contributed by atoms with Crippen LogP contribution >= 0.6 is 12.2 Å². The third-order valence-electron chi connectivity index (χ3n) is 4.66. The van der Waals surface area contributed by atoms with Crippen LogP contribution in [0.4, 0.5) is 11.4 Å². The fraction of sp³-hybridized carbons (Fsp3) is 0.167. The molecule has 9 heteroatoms. The molecule has 33 heavy (non-hydrogen) atoms. The maximum Gasteiger partial charge on any atom is 0.264 e. The van der Waals surface area contributed by atoms with Gasteiger partial charge in [0.1, 0.15) is 5.75 Å². The molecule has 0 aromatic heterocycles. The number of anilines is 2. The molecule has 0 saturated carbocycles. The van der Waals surface area contributed by atoms with E-state index in [1.807, 2.05) is 51.1 Å². The van der Waals surface area contributed by atoms with Gasteiger partial charge in [-0.3, -0.25) is 14.8 Å². The van der Waals surface area contributed by atoms with Crippen LogP contribution in [0.25, 0.3) is 0 Å². The average Bonchev–Trinajstić information content (AvgIpc) is 2.75. The van der Waals surface area contributed by atoms with E-state index in [0.717, 1.165) is 16.7 Å². The molecule has 3 aromatic rings. The number of carbonyl (C=O) groups is 1. The monoisotopic (exact) mass is 483 g/mol. The second-order valence-corrected chi connectivity index (χ2v) is 9.65. The largest absolute Gasteiger partial charge is 0.484 e. The van der Waals surface area contributed by atoms with Gasteiger partial charge in [-0.05, 0) is 86.6 Å². The zero-order valence-corrected chi connectivity index (χ0v) is 20.1. The molecule has 7 nitrogen and oxygen atoms in total. The zero-order chi connectivity index (χ0) is 24.0. The highest BCUT2D eigenvalue weighted by molar-refractivity contribution is 7.92. The van der Waals surface area contributed by atoms with Crippen LogP contribution in [0.1, 0.15) is 16.7 Å². The third kappa shape index (κ3) is 7.03. The Balaban J connectivity index is 1.54. The number of nitrogens with one attached hydrogen (secondary N) is 3. The van der Waals surface area contributed by atoms with Crippen molar-refractivity contribution in [3.63, 3.8) is 0 Å². The molecule has 0 atom stereocenters. The summed E-state index contributed by atoms with van der Waals surface area (Å²) in [4.78, 5) is 12.2. The molecule has 0 heterocycles. The number of hydrogen-bond acceptors (Lipinski definition) is 5. The minimum atomic E-state index is -3.75. The third-order valence-corrected chi connectivity index (χ3v) is 6.25. The van der Waals surface area contributed by atoms with E-state index in [2.05, 4.69) is 15.4 Å². The first-order chi connectivity index (χ1) is 15.6. The Hall–Kier alpha value is -3.43. The first-order valence-corrected chi connectivity index (χ1v) is 12.0. The van der Waals surface area contributed by atoms with E-state index in [0.29, 0.717) is 17.1 Å². The molecule has 0 radical (unpaired) electrons. The fourth-order valence-electron chi connectivity index (χ4n) is 3.03. The van der Waals surface area contributed by atoms with Crippen LogP contribution in [0.2, 0.25) is 0 Å². The van der Waals surface area contributed by atoms with Gasteiger partial charge in [-0.2, -0.15) is 0 Å². The van der Waals surface area contributed by atoms with E-state index in [4.69, 9.17) is 17.0 Å². The molecule has 3 rings (SSSR count). The van der Waals surface area contributed by atoms with Crippen molar-refractivity contribution in [2.24, 2.45) is 0 Å². The lowest BCUT2D eigenvalue weighted by Crippen LogP contribution is -2.37. The van der Waals surface area contributed by atoms with Gasteiger partial charge in [-0.15, -0.1) is 0 Å². The molecule has 0 fully saturated rings. The second-order valence-electron chi connectivity index (χ2n) is 7.56. The van der Waals surface area contributed by atoms with Crippen molar-refractivity contribution in [2.45, 2.75) is 25.7 Å². The summed E-state index contributed by atoms with van der Waals surface area (Å²) in [5, 5.41) is 5.46. The van der Waals surface area contributed by atoms with Crippen LogP contribution in [0, 0.1) is 20.8 Å². The number of carbonyl (C=O) groups excluding carboxylic acids is 1. The van der Waals surface area contributed by atoms with Crippen LogP contribution in [0.3, 0.4) is 0 Å². The summed E-state index contributed by atoms with van der Waals surface area (Å²) >= 11 is 5.15. The molecular formula is C24H25N3O4S2. The standard InChI is InChI=1S/C24H25N3O4S2/c1-16-5-4-6-20(14-16)31-15-23(28)26-24(32)25-19-8-10-21(11-9-19)33(29,30)27-22-12-7-17(2)13-18(22)3/h4-14,27H,15H2,1-3H3,(H2,25,26,28,32). The zero-order valence-electron chi connectivity index (χ0n) is 18.5. The SMILES string of the molecule is Cc1cccc(OCC(=O)NC(=S)Nc2ccc(S(=O)(=O)Nc3ccc(C)cc3C)cc2)c1. The van der Waals surface area contributed by atoms with Crippen LogP contribution < -0.4 is 20.1 Å². The highest BCUT2D eigenvalue weighted by atomic mass is 32.2. The Labute approximate surface area is 199 Å². The summed E-state index contributed by atoms with van der Waals surface area (Å²) in [6.07, 6.45) is 0. The van der Waals surface area contributed by atoms with Gasteiger partial charge < -0.3 is 10.1 Å². The van der Waals surface area contributed by atoms with Crippen molar-refractivity contribution in [1.82, 2.24) is 5.32 Å². The lowest BCUT2D eigenvalue weighted by atomic mass is 10.1. The van der Waals surface area contributed by atoms with Gasteiger partial charge in [0.25, 0.3) is 15.9 Å². The highest BCUT2D eigenvalue weighted by Crippen LogP contribution is 2.22. The van der Waals surface area contributed by atoms with Crippen molar-refractivity contribution < 1.29 is 17.9 Å². The number of amides is 1. The van der Waals surface area contributed by atoms with Crippen LogP contribution in [-0.4, -0.2) is 26.0 Å². The average molecular weight is 484 g/mol. The van der Waals surface area contributed by atoms with E-state index in [-0.39, 0.29) is 16.6 Å². The van der Waals surface area contributed by atoms with Crippen molar-refractivity contribution in [3.05, 3.63) is 83.4 Å². The predicted molar refractivity (Wildman–Crippen MR) is 134 cm³/mol. The summed E-state index contributed by atoms with van der Waals surface area (Å²) in [5.41, 5.74) is 3.98. The van der Waals surface area contributed by atoms with Crippen molar-refractivity contribution in [2.75, 3.05) is 16.6 Å². The summed E-state index contributed by atoms with van der Waals surface area (Å²) in [7, 11) is -3.75. The fourth-order valence-corrected chi connectivity index (χ4v) is 4.39. The second kappa shape index (κ2) is 10.5. The number of ether oxygens (including phenoxy) is 1. The lowest BCUT2D eigenvalue weighted by Gasteiger charge is -2.13. The topological polar surface area (TPSA) is 96.5 Å². The molecule has 1 amide bonds. The summed E-state index contributed by atoms with van der Waals surface area (Å²) in [5.74, 6) is 0.182. The number of rotatable bonds is 7. The summed E-state index contributed by atoms with van der Waals surface area (Å²) in [6.45, 7) is 5.54. The Kier molecular flexibility index (Phi) is 7.67. The van der Waals surface area contributed by atoms with E-state index < -0.39 is 15.9 Å². The number of hydrogen-bond donors (Lipinski definition) is 3. The van der Waals surface area contributed by atoms with E-state index in [1.165, 1.54) is 12.1 Å². The maximum atomic E-state index is 12.7. The Bertz CT molecular complexity index is 1270. The lowest BCUT2D eigenvalue weighted by molar-refractivity contribution is -0.121. The van der Waals surface area contributed by atoms with Crippen molar-refractivity contribution in [1.29, 1.82) is 0 Å². The van der Waals surface area contributed by atoms with Gasteiger partial charge in [-0.1, -0.05) is 29.8 Å². The number of aryl methyl sites for hydroxylation is 3. The minimum Gasteiger partial charge on any atom is -0.484 e. The first-order valence-electron chi connectivity index (χ1n) is 10.1. The molecule has 3 aromatic carbocycles. The molecule has 3 N–H and O–H groups in total. The molecule has 0 aliphatic rings. The van der Waals surface area contributed by atoms with Crippen molar-refractivity contribution >= 4 is 44.6 Å². The normalized spacial score (nSPS) is 10.9. The van der Waals surface area contributed by atoms with Crippen LogP contribution in [-0.2, 0) is 14.8 Å². The van der Waals surface area contributed by atoms with Gasteiger partial charge in [0.05, 0.1) is 10.6 Å². The van der Waals surface area contributed by atoms with Gasteiger partial charge >= 0.3 is 0 Å². The quantitative estimate of drug-likeness (QED) is 0.434. The highest BCUT2D eigenvalue weighted by Gasteiger charge is 2.15. The number of benzene rings is 3. The maximum absolute atomic E-state index is 12.7. The molecule has 0 aliphatic carbocycles. The number of sulfonamides is 1. The molecule has 0 bridgehead atoms. The molecule has 0 saturated heterocycles. The smallest absolute Gasteiger partial charge is 0.264 e. The molecule has 0 unspecified atom stereocenters. The van der Waals surface area contributed by atoms with Gasteiger partial charge in [0.15, 0.2) is 11.7 Å². The van der Waals surface area contributed by atoms with Crippen molar-refractivity contribution in [3.8, 4) is 5.75 Å².